The summed E-state index contributed by atoms with van der Waals surface area (Å²) >= 11 is 0. The van der Waals surface area contributed by atoms with E-state index in [-0.39, 0.29) is 17.9 Å². The number of ether oxygens (including phenoxy) is 1. The topological polar surface area (TPSA) is 90.1 Å². The number of aromatic nitrogens is 2. The first-order valence-corrected chi connectivity index (χ1v) is 5.95. The zero-order valence-electron chi connectivity index (χ0n) is 11.0. The number of anilines is 1. The van der Waals surface area contributed by atoms with Crippen LogP contribution in [0.4, 0.5) is 5.69 Å². The highest BCUT2D eigenvalue weighted by atomic mass is 16.5. The average Bonchev–Trinajstić information content (AvgIpc) is 2.40. The first kappa shape index (κ1) is 14.4. The van der Waals surface area contributed by atoms with Crippen LogP contribution < -0.4 is 11.1 Å². The number of carbonyl (C=O) groups excluding carboxylic acids is 1. The van der Waals surface area contributed by atoms with Crippen LogP contribution >= 0.6 is 0 Å². The molecule has 1 aromatic rings. The van der Waals surface area contributed by atoms with Crippen molar-refractivity contribution < 1.29 is 9.53 Å². The number of methoxy groups -OCH3 is 1. The number of carbonyl (C=O) groups is 1. The molecule has 100 valence electrons. The van der Waals surface area contributed by atoms with E-state index >= 15 is 0 Å². The second-order valence-electron chi connectivity index (χ2n) is 4.19. The maximum atomic E-state index is 11.7. The molecule has 0 saturated carbocycles. The average molecular weight is 252 g/mol. The molecule has 0 bridgehead atoms. The predicted molar refractivity (Wildman–Crippen MR) is 68.5 cm³/mol. The van der Waals surface area contributed by atoms with Crippen molar-refractivity contribution in [1.82, 2.24) is 15.3 Å². The van der Waals surface area contributed by atoms with Crippen LogP contribution in [0.25, 0.3) is 0 Å². The smallest absolute Gasteiger partial charge is 0.323 e. The molecule has 0 aliphatic carbocycles. The molecule has 6 nitrogen and oxygen atoms in total. The Balaban J connectivity index is 2.68. The molecular weight excluding hydrogens is 232 g/mol. The maximum Gasteiger partial charge on any atom is 0.323 e. The molecule has 2 atom stereocenters. The van der Waals surface area contributed by atoms with Gasteiger partial charge >= 0.3 is 5.97 Å². The minimum atomic E-state index is -0.352. The van der Waals surface area contributed by atoms with E-state index in [0.717, 1.165) is 6.42 Å². The summed E-state index contributed by atoms with van der Waals surface area (Å²) in [6.07, 6.45) is 3.86. The van der Waals surface area contributed by atoms with E-state index in [1.165, 1.54) is 13.4 Å². The number of rotatable bonds is 6. The Bertz CT molecular complexity index is 397. The van der Waals surface area contributed by atoms with Crippen LogP contribution in [0.5, 0.6) is 0 Å². The molecule has 0 spiro atoms. The number of nitrogens with one attached hydrogen (secondary N) is 1. The number of nitrogens with two attached hydrogens (primary N) is 1. The predicted octanol–water partition coefficient (Wildman–Crippen LogP) is 0.736. The lowest BCUT2D eigenvalue weighted by Gasteiger charge is -2.21. The van der Waals surface area contributed by atoms with Crippen molar-refractivity contribution >= 4 is 11.7 Å². The lowest BCUT2D eigenvalue weighted by molar-refractivity contribution is -0.144. The van der Waals surface area contributed by atoms with Crippen LogP contribution in [0.1, 0.15) is 26.0 Å². The number of esters is 1. The normalized spacial score (nSPS) is 13.9. The molecule has 0 amide bonds. The third-order valence-corrected chi connectivity index (χ3v) is 2.98. The van der Waals surface area contributed by atoms with Gasteiger partial charge in [0.2, 0.25) is 0 Å². The Kier molecular flexibility index (Phi) is 5.51. The van der Waals surface area contributed by atoms with E-state index in [9.17, 15) is 4.79 Å². The molecule has 6 heteroatoms. The minimum Gasteiger partial charge on any atom is -0.468 e. The van der Waals surface area contributed by atoms with Gasteiger partial charge in [0, 0.05) is 6.54 Å². The second-order valence-corrected chi connectivity index (χ2v) is 4.19. The molecule has 18 heavy (non-hydrogen) atoms. The van der Waals surface area contributed by atoms with Gasteiger partial charge in [-0.1, -0.05) is 20.3 Å². The fourth-order valence-electron chi connectivity index (χ4n) is 1.60. The molecule has 1 aromatic heterocycles. The summed E-state index contributed by atoms with van der Waals surface area (Å²) in [5.41, 5.74) is 6.94. The number of hydrogen-bond acceptors (Lipinski definition) is 6. The van der Waals surface area contributed by atoms with Gasteiger partial charge in [-0.2, -0.15) is 0 Å². The number of hydrogen-bond donors (Lipinski definition) is 2. The molecular formula is C12H20N4O2. The van der Waals surface area contributed by atoms with Crippen molar-refractivity contribution in [1.29, 1.82) is 0 Å². The van der Waals surface area contributed by atoms with Gasteiger partial charge in [0.25, 0.3) is 0 Å². The van der Waals surface area contributed by atoms with Crippen molar-refractivity contribution in [2.45, 2.75) is 32.9 Å². The van der Waals surface area contributed by atoms with Gasteiger partial charge in [0.05, 0.1) is 24.7 Å². The van der Waals surface area contributed by atoms with Crippen molar-refractivity contribution in [2.75, 3.05) is 12.8 Å². The molecule has 3 N–H and O–H groups in total. The Labute approximate surface area is 107 Å². The van der Waals surface area contributed by atoms with E-state index in [0.29, 0.717) is 17.9 Å². The summed E-state index contributed by atoms with van der Waals surface area (Å²) in [4.78, 5) is 19.6. The van der Waals surface area contributed by atoms with Gasteiger partial charge in [-0.05, 0) is 5.92 Å². The van der Waals surface area contributed by atoms with Crippen LogP contribution in [0.15, 0.2) is 12.5 Å². The van der Waals surface area contributed by atoms with Crippen molar-refractivity contribution in [3.63, 3.8) is 0 Å². The number of nitrogens with zero attached hydrogens (tertiary/aromatic N) is 2. The minimum absolute atomic E-state index is 0.181. The van der Waals surface area contributed by atoms with Crippen molar-refractivity contribution in [2.24, 2.45) is 5.92 Å². The van der Waals surface area contributed by atoms with Crippen LogP contribution in [0, 0.1) is 5.92 Å². The van der Waals surface area contributed by atoms with Crippen molar-refractivity contribution in [3.8, 4) is 0 Å². The monoisotopic (exact) mass is 252 g/mol. The van der Waals surface area contributed by atoms with E-state index in [2.05, 4.69) is 15.3 Å². The summed E-state index contributed by atoms with van der Waals surface area (Å²) in [7, 11) is 1.39. The van der Waals surface area contributed by atoms with Crippen LogP contribution in [0.2, 0.25) is 0 Å². The summed E-state index contributed by atoms with van der Waals surface area (Å²) in [5.74, 6) is -0.0857. The van der Waals surface area contributed by atoms with Crippen LogP contribution in [-0.4, -0.2) is 29.1 Å². The largest absolute Gasteiger partial charge is 0.468 e. The molecule has 0 aromatic carbocycles. The second kappa shape index (κ2) is 6.90. The summed E-state index contributed by atoms with van der Waals surface area (Å²) < 4.78 is 4.79. The Morgan fingerprint density at radius 3 is 2.89 bits per heavy atom. The van der Waals surface area contributed by atoms with Gasteiger partial charge in [0.15, 0.2) is 0 Å². The number of nitrogen functional groups attached to an aromatic ring is 1. The van der Waals surface area contributed by atoms with E-state index in [4.69, 9.17) is 10.5 Å². The first-order chi connectivity index (χ1) is 8.60. The first-order valence-electron chi connectivity index (χ1n) is 5.95. The molecule has 0 saturated heterocycles. The Morgan fingerprint density at radius 1 is 1.61 bits per heavy atom. The Hall–Kier alpha value is -1.69. The third kappa shape index (κ3) is 3.66. The molecule has 0 radical (unpaired) electrons. The van der Waals surface area contributed by atoms with Gasteiger partial charge < -0.3 is 10.5 Å². The SMILES string of the molecule is CC[C@H](C)[C@H](NCc1ncncc1N)C(=O)OC. The molecule has 1 rings (SSSR count). The summed E-state index contributed by atoms with van der Waals surface area (Å²) in [5, 5.41) is 3.13. The highest BCUT2D eigenvalue weighted by molar-refractivity contribution is 5.76. The van der Waals surface area contributed by atoms with E-state index in [1.807, 2.05) is 13.8 Å². The van der Waals surface area contributed by atoms with Gasteiger partial charge in [-0.3, -0.25) is 10.1 Å². The summed E-state index contributed by atoms with van der Waals surface area (Å²) in [6.45, 7) is 4.44. The highest BCUT2D eigenvalue weighted by Gasteiger charge is 2.24. The maximum absolute atomic E-state index is 11.7. The zero-order chi connectivity index (χ0) is 13.5. The van der Waals surface area contributed by atoms with Gasteiger partial charge in [0.1, 0.15) is 12.4 Å². The summed E-state index contributed by atoms with van der Waals surface area (Å²) in [6, 6.07) is -0.352. The lowest BCUT2D eigenvalue weighted by Crippen LogP contribution is -2.42. The third-order valence-electron chi connectivity index (χ3n) is 2.98. The van der Waals surface area contributed by atoms with Gasteiger partial charge in [-0.15, -0.1) is 0 Å². The van der Waals surface area contributed by atoms with Crippen LogP contribution in [0.3, 0.4) is 0 Å². The molecule has 0 fully saturated rings. The molecule has 0 aliphatic heterocycles. The molecule has 0 aliphatic rings. The molecule has 0 unspecified atom stereocenters. The fourth-order valence-corrected chi connectivity index (χ4v) is 1.60. The fraction of sp³-hybridized carbons (Fsp3) is 0.583. The quantitative estimate of drug-likeness (QED) is 0.726. The highest BCUT2D eigenvalue weighted by Crippen LogP contribution is 2.11. The van der Waals surface area contributed by atoms with E-state index < -0.39 is 0 Å². The lowest BCUT2D eigenvalue weighted by atomic mass is 9.99. The van der Waals surface area contributed by atoms with Gasteiger partial charge in [-0.25, -0.2) is 9.97 Å². The van der Waals surface area contributed by atoms with Crippen molar-refractivity contribution in [3.05, 3.63) is 18.2 Å². The van der Waals surface area contributed by atoms with E-state index in [1.54, 1.807) is 6.20 Å². The standard InChI is InChI=1S/C12H20N4O2/c1-4-8(2)11(12(17)18-3)15-6-10-9(13)5-14-7-16-10/h5,7-8,11,15H,4,6,13H2,1-3H3/t8-,11-/m0/s1. The Morgan fingerprint density at radius 2 is 2.33 bits per heavy atom. The van der Waals surface area contributed by atoms with Crippen LogP contribution in [-0.2, 0) is 16.1 Å². The zero-order valence-corrected chi connectivity index (χ0v) is 11.0. The molecule has 1 heterocycles.